The normalized spacial score (nSPS) is 23.5. The van der Waals surface area contributed by atoms with Crippen LogP contribution in [0.3, 0.4) is 0 Å². The van der Waals surface area contributed by atoms with Crippen LogP contribution in [0.2, 0.25) is 0 Å². The second kappa shape index (κ2) is 8.69. The SMILES string of the molecule is NC=C(C=NC1CCN(C(=O)C2CC(CN)C2)CC1)c1cnc2ccccc2n1. The zero-order chi connectivity index (χ0) is 20.2. The van der Waals surface area contributed by atoms with Crippen molar-refractivity contribution in [1.29, 1.82) is 0 Å². The number of hydrogen-bond donors (Lipinski definition) is 2. The lowest BCUT2D eigenvalue weighted by Crippen LogP contribution is -2.47. The fourth-order valence-corrected chi connectivity index (χ4v) is 4.10. The van der Waals surface area contributed by atoms with Crippen LogP contribution in [0.4, 0.5) is 0 Å². The van der Waals surface area contributed by atoms with Gasteiger partial charge in [0.1, 0.15) is 0 Å². The number of carbonyl (C=O) groups is 1. The molecule has 2 heterocycles. The van der Waals surface area contributed by atoms with E-state index < -0.39 is 0 Å². The molecule has 2 aliphatic rings. The lowest BCUT2D eigenvalue weighted by Gasteiger charge is -2.39. The van der Waals surface area contributed by atoms with Gasteiger partial charge in [-0.25, -0.2) is 4.98 Å². The Morgan fingerprint density at radius 1 is 1.21 bits per heavy atom. The van der Waals surface area contributed by atoms with E-state index in [9.17, 15) is 4.79 Å². The van der Waals surface area contributed by atoms with Gasteiger partial charge < -0.3 is 16.4 Å². The lowest BCUT2D eigenvalue weighted by atomic mass is 9.74. The second-order valence-electron chi connectivity index (χ2n) is 7.97. The molecule has 1 aliphatic heterocycles. The number of para-hydroxylation sites is 2. The molecule has 152 valence electrons. The predicted octanol–water partition coefficient (Wildman–Crippen LogP) is 1.98. The maximum absolute atomic E-state index is 12.6. The molecule has 0 unspecified atom stereocenters. The van der Waals surface area contributed by atoms with Crippen molar-refractivity contribution in [1.82, 2.24) is 14.9 Å². The van der Waals surface area contributed by atoms with Gasteiger partial charge in [0, 0.05) is 37.0 Å². The van der Waals surface area contributed by atoms with Crippen LogP contribution in [0.15, 0.2) is 41.7 Å². The molecule has 1 aliphatic carbocycles. The number of nitrogens with zero attached hydrogens (tertiary/aromatic N) is 4. The highest BCUT2D eigenvalue weighted by Crippen LogP contribution is 2.34. The van der Waals surface area contributed by atoms with Gasteiger partial charge in [0.25, 0.3) is 0 Å². The van der Waals surface area contributed by atoms with E-state index in [4.69, 9.17) is 16.5 Å². The average molecular weight is 393 g/mol. The third-order valence-corrected chi connectivity index (χ3v) is 6.04. The van der Waals surface area contributed by atoms with Gasteiger partial charge in [-0.2, -0.15) is 0 Å². The Kier molecular flexibility index (Phi) is 5.85. The van der Waals surface area contributed by atoms with Crippen molar-refractivity contribution in [3.8, 4) is 0 Å². The van der Waals surface area contributed by atoms with Crippen LogP contribution < -0.4 is 11.5 Å². The number of aromatic nitrogens is 2. The molecule has 2 fully saturated rings. The van der Waals surface area contributed by atoms with E-state index in [0.29, 0.717) is 24.1 Å². The summed E-state index contributed by atoms with van der Waals surface area (Å²) in [5, 5.41) is 0. The second-order valence-corrected chi connectivity index (χ2v) is 7.97. The monoisotopic (exact) mass is 392 g/mol. The molecule has 1 aromatic carbocycles. The number of rotatable bonds is 5. The first-order valence-corrected chi connectivity index (χ1v) is 10.3. The number of hydrogen-bond acceptors (Lipinski definition) is 6. The molecule has 1 amide bonds. The highest BCUT2D eigenvalue weighted by Gasteiger charge is 2.36. The molecule has 0 bridgehead atoms. The van der Waals surface area contributed by atoms with E-state index >= 15 is 0 Å². The summed E-state index contributed by atoms with van der Waals surface area (Å²) in [4.78, 5) is 28.3. The number of likely N-dealkylation sites (tertiary alicyclic amines) is 1. The van der Waals surface area contributed by atoms with E-state index in [2.05, 4.69) is 9.97 Å². The number of fused-ring (bicyclic) bond motifs is 1. The van der Waals surface area contributed by atoms with Crippen molar-refractivity contribution in [3.63, 3.8) is 0 Å². The number of aliphatic imine (C=N–C) groups is 1. The van der Waals surface area contributed by atoms with Crippen molar-refractivity contribution in [3.05, 3.63) is 42.4 Å². The molecular weight excluding hydrogens is 364 g/mol. The summed E-state index contributed by atoms with van der Waals surface area (Å²) in [6.45, 7) is 2.23. The van der Waals surface area contributed by atoms with Gasteiger partial charge in [0.2, 0.25) is 5.91 Å². The average Bonchev–Trinajstić information content (AvgIpc) is 2.73. The molecule has 1 aromatic heterocycles. The molecule has 0 spiro atoms. The van der Waals surface area contributed by atoms with E-state index in [1.54, 1.807) is 12.4 Å². The summed E-state index contributed by atoms with van der Waals surface area (Å²) < 4.78 is 0. The van der Waals surface area contributed by atoms with E-state index in [1.165, 1.54) is 6.20 Å². The maximum Gasteiger partial charge on any atom is 0.225 e. The standard InChI is InChI=1S/C22H28N6O/c23-11-15-9-16(10-15)22(29)28-7-5-18(6-8-28)25-13-17(12-24)21-14-26-19-3-1-2-4-20(19)27-21/h1-4,12-16,18H,5-11,23-24H2. The van der Waals surface area contributed by atoms with Crippen LogP contribution in [-0.2, 0) is 4.79 Å². The molecular formula is C22H28N6O. The van der Waals surface area contributed by atoms with Crippen LogP contribution in [0.1, 0.15) is 31.4 Å². The minimum Gasteiger partial charge on any atom is -0.404 e. The quantitative estimate of drug-likeness (QED) is 0.756. The Labute approximate surface area is 170 Å². The lowest BCUT2D eigenvalue weighted by molar-refractivity contribution is -0.140. The minimum atomic E-state index is 0.182. The highest BCUT2D eigenvalue weighted by atomic mass is 16.2. The number of amides is 1. The number of allylic oxidation sites excluding steroid dienone is 1. The molecule has 7 heteroatoms. The Morgan fingerprint density at radius 2 is 1.93 bits per heavy atom. The van der Waals surface area contributed by atoms with Crippen molar-refractivity contribution in [2.75, 3.05) is 19.6 Å². The first kappa shape index (κ1) is 19.5. The van der Waals surface area contributed by atoms with Gasteiger partial charge in [-0.3, -0.25) is 14.8 Å². The topological polar surface area (TPSA) is 110 Å². The Morgan fingerprint density at radius 3 is 2.62 bits per heavy atom. The van der Waals surface area contributed by atoms with E-state index in [0.717, 1.165) is 55.4 Å². The Hall–Kier alpha value is -2.80. The number of nitrogens with two attached hydrogens (primary N) is 2. The molecule has 7 nitrogen and oxygen atoms in total. The third kappa shape index (κ3) is 4.29. The van der Waals surface area contributed by atoms with Crippen molar-refractivity contribution in [2.45, 2.75) is 31.7 Å². The van der Waals surface area contributed by atoms with Crippen LogP contribution in [0.5, 0.6) is 0 Å². The summed E-state index contributed by atoms with van der Waals surface area (Å²) in [6.07, 6.45) is 8.68. The van der Waals surface area contributed by atoms with Gasteiger partial charge in [0.15, 0.2) is 0 Å². The molecule has 1 saturated carbocycles. The van der Waals surface area contributed by atoms with Gasteiger partial charge in [-0.05, 0) is 50.3 Å². The van der Waals surface area contributed by atoms with Gasteiger partial charge in [-0.15, -0.1) is 0 Å². The Bertz CT molecular complexity index is 926. The highest BCUT2D eigenvalue weighted by molar-refractivity contribution is 6.09. The number of benzene rings is 1. The number of carbonyl (C=O) groups excluding carboxylic acids is 1. The fraction of sp³-hybridized carbons (Fsp3) is 0.455. The first-order chi connectivity index (χ1) is 14.2. The van der Waals surface area contributed by atoms with Crippen molar-refractivity contribution < 1.29 is 4.79 Å². The zero-order valence-corrected chi connectivity index (χ0v) is 16.6. The molecule has 2 aromatic rings. The summed E-state index contributed by atoms with van der Waals surface area (Å²) in [7, 11) is 0. The van der Waals surface area contributed by atoms with Gasteiger partial charge in [-0.1, -0.05) is 12.1 Å². The molecule has 29 heavy (non-hydrogen) atoms. The molecule has 4 N–H and O–H groups in total. The fourth-order valence-electron chi connectivity index (χ4n) is 4.10. The first-order valence-electron chi connectivity index (χ1n) is 10.3. The number of piperidine rings is 1. The van der Waals surface area contributed by atoms with Crippen molar-refractivity contribution >= 4 is 28.7 Å². The van der Waals surface area contributed by atoms with E-state index in [-0.39, 0.29) is 12.0 Å². The smallest absolute Gasteiger partial charge is 0.225 e. The van der Waals surface area contributed by atoms with Crippen LogP contribution in [-0.4, -0.2) is 52.7 Å². The van der Waals surface area contributed by atoms with Gasteiger partial charge >= 0.3 is 0 Å². The summed E-state index contributed by atoms with van der Waals surface area (Å²) in [6, 6.07) is 7.94. The summed E-state index contributed by atoms with van der Waals surface area (Å²) in [5.74, 6) is 1.01. The summed E-state index contributed by atoms with van der Waals surface area (Å²) >= 11 is 0. The third-order valence-electron chi connectivity index (χ3n) is 6.04. The Balaban J connectivity index is 1.33. The predicted molar refractivity (Wildman–Crippen MR) is 115 cm³/mol. The molecule has 0 atom stereocenters. The van der Waals surface area contributed by atoms with E-state index in [1.807, 2.05) is 29.2 Å². The van der Waals surface area contributed by atoms with Gasteiger partial charge in [0.05, 0.1) is 29.0 Å². The molecule has 1 saturated heterocycles. The van der Waals surface area contributed by atoms with Crippen LogP contribution in [0.25, 0.3) is 16.6 Å². The zero-order valence-electron chi connectivity index (χ0n) is 16.6. The largest absolute Gasteiger partial charge is 0.404 e. The van der Waals surface area contributed by atoms with Crippen molar-refractivity contribution in [2.24, 2.45) is 28.3 Å². The maximum atomic E-state index is 12.6. The molecule has 4 rings (SSSR count). The van der Waals surface area contributed by atoms with Crippen LogP contribution in [0, 0.1) is 11.8 Å². The minimum absolute atomic E-state index is 0.182. The molecule has 0 radical (unpaired) electrons. The van der Waals surface area contributed by atoms with Crippen LogP contribution >= 0.6 is 0 Å². The summed E-state index contributed by atoms with van der Waals surface area (Å²) in [5.41, 5.74) is 14.6.